The molecule has 0 spiro atoms. The Labute approximate surface area is 131 Å². The van der Waals surface area contributed by atoms with Gasteiger partial charge in [-0.1, -0.05) is 0 Å². The lowest BCUT2D eigenvalue weighted by Gasteiger charge is -2.16. The number of amides is 1. The van der Waals surface area contributed by atoms with E-state index in [9.17, 15) is 4.79 Å². The van der Waals surface area contributed by atoms with Crippen LogP contribution in [0, 0.1) is 11.3 Å². The van der Waals surface area contributed by atoms with Gasteiger partial charge in [-0.25, -0.2) is 4.98 Å². The molecule has 23 heavy (non-hydrogen) atoms. The molecule has 1 N–H and O–H groups in total. The summed E-state index contributed by atoms with van der Waals surface area (Å²) < 4.78 is 0. The van der Waals surface area contributed by atoms with E-state index < -0.39 is 0 Å². The van der Waals surface area contributed by atoms with Gasteiger partial charge in [0.05, 0.1) is 6.07 Å². The molecular formula is C16H14N6O. The SMILES string of the molecule is N#CCC(=O)N1CCC(c2ccnc3nnc4[nH]ccc4c23)C1. The van der Waals surface area contributed by atoms with E-state index in [2.05, 4.69) is 20.2 Å². The number of nitrogens with one attached hydrogen (secondary N) is 1. The van der Waals surface area contributed by atoms with Gasteiger partial charge in [0, 0.05) is 42.2 Å². The van der Waals surface area contributed by atoms with Crippen LogP contribution < -0.4 is 0 Å². The first-order valence-electron chi connectivity index (χ1n) is 7.51. The molecule has 1 fully saturated rings. The molecule has 4 rings (SSSR count). The molecule has 0 aromatic carbocycles. The van der Waals surface area contributed by atoms with Crippen molar-refractivity contribution in [3.63, 3.8) is 0 Å². The summed E-state index contributed by atoms with van der Waals surface area (Å²) >= 11 is 0. The number of carbonyl (C=O) groups is 1. The molecule has 1 amide bonds. The van der Waals surface area contributed by atoms with E-state index in [1.54, 1.807) is 11.1 Å². The number of nitriles is 1. The number of rotatable bonds is 2. The lowest BCUT2D eigenvalue weighted by atomic mass is 9.95. The van der Waals surface area contributed by atoms with Gasteiger partial charge in [0.25, 0.3) is 0 Å². The third-order valence-electron chi connectivity index (χ3n) is 4.41. The van der Waals surface area contributed by atoms with Crippen molar-refractivity contribution < 1.29 is 4.79 Å². The highest BCUT2D eigenvalue weighted by atomic mass is 16.2. The van der Waals surface area contributed by atoms with E-state index in [1.165, 1.54) is 0 Å². The molecule has 3 aromatic rings. The number of likely N-dealkylation sites (tertiary alicyclic amines) is 1. The Kier molecular flexibility index (Phi) is 3.15. The van der Waals surface area contributed by atoms with Crippen molar-refractivity contribution >= 4 is 28.0 Å². The maximum atomic E-state index is 11.9. The maximum absolute atomic E-state index is 11.9. The van der Waals surface area contributed by atoms with Crippen LogP contribution in [-0.2, 0) is 4.79 Å². The highest BCUT2D eigenvalue weighted by Crippen LogP contribution is 2.34. The first-order chi connectivity index (χ1) is 11.3. The Morgan fingerprint density at radius 2 is 2.35 bits per heavy atom. The largest absolute Gasteiger partial charge is 0.345 e. The number of fused-ring (bicyclic) bond motifs is 3. The zero-order chi connectivity index (χ0) is 15.8. The van der Waals surface area contributed by atoms with Gasteiger partial charge < -0.3 is 9.88 Å². The molecule has 1 aliphatic heterocycles. The van der Waals surface area contributed by atoms with Gasteiger partial charge in [-0.15, -0.1) is 10.2 Å². The quantitative estimate of drug-likeness (QED) is 0.777. The van der Waals surface area contributed by atoms with Gasteiger partial charge in [0.15, 0.2) is 11.3 Å². The Morgan fingerprint density at radius 1 is 1.43 bits per heavy atom. The van der Waals surface area contributed by atoms with E-state index in [0.717, 1.165) is 28.4 Å². The molecule has 0 bridgehead atoms. The maximum Gasteiger partial charge on any atom is 0.236 e. The molecule has 1 atom stereocenters. The average molecular weight is 306 g/mol. The molecule has 7 nitrogen and oxygen atoms in total. The van der Waals surface area contributed by atoms with Crippen LogP contribution in [0.1, 0.15) is 24.3 Å². The fourth-order valence-electron chi connectivity index (χ4n) is 3.32. The number of pyridine rings is 1. The smallest absolute Gasteiger partial charge is 0.236 e. The van der Waals surface area contributed by atoms with Crippen LogP contribution in [0.3, 0.4) is 0 Å². The predicted molar refractivity (Wildman–Crippen MR) is 83.4 cm³/mol. The molecule has 0 radical (unpaired) electrons. The normalized spacial score (nSPS) is 17.7. The molecule has 4 heterocycles. The average Bonchev–Trinajstić information content (AvgIpc) is 3.23. The van der Waals surface area contributed by atoms with Crippen LogP contribution in [0.15, 0.2) is 24.5 Å². The minimum absolute atomic E-state index is 0.0582. The summed E-state index contributed by atoms with van der Waals surface area (Å²) in [5, 5.41) is 19.0. The summed E-state index contributed by atoms with van der Waals surface area (Å²) in [4.78, 5) is 21.1. The number of nitrogens with zero attached hydrogens (tertiary/aromatic N) is 5. The lowest BCUT2D eigenvalue weighted by Crippen LogP contribution is -2.27. The second kappa shape index (κ2) is 5.32. The van der Waals surface area contributed by atoms with Gasteiger partial charge in [0.2, 0.25) is 5.91 Å². The summed E-state index contributed by atoms with van der Waals surface area (Å²) in [7, 11) is 0. The number of hydrogen-bond donors (Lipinski definition) is 1. The zero-order valence-corrected chi connectivity index (χ0v) is 12.4. The van der Waals surface area contributed by atoms with Crippen molar-refractivity contribution in [2.24, 2.45) is 0 Å². The van der Waals surface area contributed by atoms with Crippen LogP contribution in [0.4, 0.5) is 0 Å². The van der Waals surface area contributed by atoms with Crippen molar-refractivity contribution in [1.29, 1.82) is 5.26 Å². The van der Waals surface area contributed by atoms with E-state index in [1.807, 2.05) is 24.4 Å². The molecule has 1 saturated heterocycles. The zero-order valence-electron chi connectivity index (χ0n) is 12.4. The number of carbonyl (C=O) groups excluding carboxylic acids is 1. The standard InChI is InChI=1S/C16H14N6O/c17-5-1-13(23)22-8-4-10(9-22)11-2-6-19-16-14(11)12-3-7-18-15(12)20-21-16/h2-3,6-7,10H,1,4,8-9H2,(H,18,20). The minimum atomic E-state index is -0.0973. The summed E-state index contributed by atoms with van der Waals surface area (Å²) in [6.45, 7) is 1.32. The second-order valence-corrected chi connectivity index (χ2v) is 5.70. The van der Waals surface area contributed by atoms with Gasteiger partial charge >= 0.3 is 0 Å². The molecular weight excluding hydrogens is 292 g/mol. The molecule has 1 unspecified atom stereocenters. The van der Waals surface area contributed by atoms with Gasteiger partial charge in [-0.05, 0) is 24.1 Å². The van der Waals surface area contributed by atoms with Crippen LogP contribution in [0.25, 0.3) is 22.1 Å². The molecule has 3 aromatic heterocycles. The number of H-pyrrole nitrogens is 1. The monoisotopic (exact) mass is 306 g/mol. The molecule has 0 saturated carbocycles. The summed E-state index contributed by atoms with van der Waals surface area (Å²) in [5.41, 5.74) is 2.50. The minimum Gasteiger partial charge on any atom is -0.345 e. The van der Waals surface area contributed by atoms with Crippen molar-refractivity contribution in [3.8, 4) is 6.07 Å². The van der Waals surface area contributed by atoms with Crippen molar-refractivity contribution in [3.05, 3.63) is 30.1 Å². The van der Waals surface area contributed by atoms with Crippen molar-refractivity contribution in [1.82, 2.24) is 25.1 Å². The van der Waals surface area contributed by atoms with E-state index in [4.69, 9.17) is 5.26 Å². The number of hydrogen-bond acceptors (Lipinski definition) is 5. The Morgan fingerprint density at radius 3 is 3.22 bits per heavy atom. The van der Waals surface area contributed by atoms with Gasteiger partial charge in [0.1, 0.15) is 6.42 Å². The fraction of sp³-hybridized carbons (Fsp3) is 0.312. The van der Waals surface area contributed by atoms with E-state index in [-0.39, 0.29) is 18.2 Å². The summed E-state index contributed by atoms with van der Waals surface area (Å²) in [6.07, 6.45) is 4.40. The highest BCUT2D eigenvalue weighted by molar-refractivity contribution is 6.03. The van der Waals surface area contributed by atoms with Crippen LogP contribution in [0.2, 0.25) is 0 Å². The predicted octanol–water partition coefficient (Wildman–Crippen LogP) is 1.74. The first kappa shape index (κ1) is 13.6. The Balaban J connectivity index is 1.76. The number of aromatic nitrogens is 4. The summed E-state index contributed by atoms with van der Waals surface area (Å²) in [6, 6.07) is 5.90. The Bertz CT molecular complexity index is 941. The topological polar surface area (TPSA) is 98.6 Å². The highest BCUT2D eigenvalue weighted by Gasteiger charge is 2.28. The molecule has 0 aliphatic carbocycles. The fourth-order valence-corrected chi connectivity index (χ4v) is 3.32. The van der Waals surface area contributed by atoms with Gasteiger partial charge in [-0.3, -0.25) is 4.79 Å². The second-order valence-electron chi connectivity index (χ2n) is 5.70. The van der Waals surface area contributed by atoms with E-state index >= 15 is 0 Å². The van der Waals surface area contributed by atoms with Crippen LogP contribution in [-0.4, -0.2) is 44.1 Å². The molecule has 7 heteroatoms. The summed E-state index contributed by atoms with van der Waals surface area (Å²) in [5.74, 6) is 0.130. The lowest BCUT2D eigenvalue weighted by molar-refractivity contribution is -0.129. The Hall–Kier alpha value is -3.01. The molecule has 114 valence electrons. The number of aromatic amines is 1. The third-order valence-corrected chi connectivity index (χ3v) is 4.41. The van der Waals surface area contributed by atoms with Crippen molar-refractivity contribution in [2.45, 2.75) is 18.8 Å². The van der Waals surface area contributed by atoms with Crippen LogP contribution >= 0.6 is 0 Å². The third kappa shape index (κ3) is 2.19. The first-order valence-corrected chi connectivity index (χ1v) is 7.51. The van der Waals surface area contributed by atoms with Crippen molar-refractivity contribution in [2.75, 3.05) is 13.1 Å². The van der Waals surface area contributed by atoms with Gasteiger partial charge in [-0.2, -0.15) is 5.26 Å². The van der Waals surface area contributed by atoms with Crippen LogP contribution in [0.5, 0.6) is 0 Å². The van der Waals surface area contributed by atoms with E-state index in [0.29, 0.717) is 18.7 Å². The molecule has 1 aliphatic rings.